The third kappa shape index (κ3) is 2.34. The Hall–Kier alpha value is -2.19. The molecule has 1 amide bonds. The Morgan fingerprint density at radius 1 is 1.26 bits per heavy atom. The molecule has 4 rings (SSSR count). The van der Waals surface area contributed by atoms with Gasteiger partial charge in [0, 0.05) is 11.9 Å². The molecule has 1 heterocycles. The van der Waals surface area contributed by atoms with Gasteiger partial charge in [0.05, 0.1) is 0 Å². The molecule has 23 heavy (non-hydrogen) atoms. The molecule has 2 aromatic rings. The quantitative estimate of drug-likeness (QED) is 0.780. The topological polar surface area (TPSA) is 114 Å². The van der Waals surface area contributed by atoms with Crippen LogP contribution in [0.2, 0.25) is 0 Å². The molecule has 0 aliphatic heterocycles. The summed E-state index contributed by atoms with van der Waals surface area (Å²) >= 11 is 0. The molecule has 1 unspecified atom stereocenters. The number of hydrogen-bond acceptors (Lipinski definition) is 4. The van der Waals surface area contributed by atoms with Crippen LogP contribution in [0.4, 0.5) is 10.5 Å². The monoisotopic (exact) mass is 331 g/mol. The van der Waals surface area contributed by atoms with Crippen LogP contribution in [-0.2, 0) is 35.6 Å². The summed E-state index contributed by atoms with van der Waals surface area (Å²) in [5, 5.41) is 11.9. The van der Waals surface area contributed by atoms with Crippen molar-refractivity contribution in [1.82, 2.24) is 9.78 Å². The van der Waals surface area contributed by atoms with Gasteiger partial charge in [-0.2, -0.15) is 9.78 Å². The van der Waals surface area contributed by atoms with Crippen molar-refractivity contribution in [3.8, 4) is 0 Å². The van der Waals surface area contributed by atoms with Crippen molar-refractivity contribution in [2.24, 2.45) is 5.14 Å². The van der Waals surface area contributed by atoms with Gasteiger partial charge in [-0.05, 0) is 60.4 Å². The van der Waals surface area contributed by atoms with Crippen molar-refractivity contribution in [1.29, 1.82) is 4.78 Å². The van der Waals surface area contributed by atoms with E-state index in [9.17, 15) is 9.00 Å². The summed E-state index contributed by atoms with van der Waals surface area (Å²) in [7, 11) is -3.41. The second-order valence-electron chi connectivity index (χ2n) is 6.01. The molecule has 1 atom stereocenters. The number of nitrogens with zero attached hydrogens (tertiary/aromatic N) is 2. The van der Waals surface area contributed by atoms with Gasteiger partial charge in [-0.3, -0.25) is 0 Å². The Kier molecular flexibility index (Phi) is 3.07. The Morgan fingerprint density at radius 3 is 2.65 bits per heavy atom. The van der Waals surface area contributed by atoms with Crippen molar-refractivity contribution in [3.63, 3.8) is 0 Å². The summed E-state index contributed by atoms with van der Waals surface area (Å²) in [4.78, 5) is 12.4. The van der Waals surface area contributed by atoms with Crippen LogP contribution in [0.5, 0.6) is 0 Å². The standard InChI is InChI=1S/C15H17N5O2S/c16-23(17,22)13-6-7-20(19-13)15(21)18-14-11-3-1-2-9(11)8-10-4-5-12(10)14/h6-8H,1-5H2,(H,18,21)(H3,16,17,22). The van der Waals surface area contributed by atoms with Crippen LogP contribution in [-0.4, -0.2) is 20.0 Å². The summed E-state index contributed by atoms with van der Waals surface area (Å²) in [6, 6.07) is 3.18. The molecule has 0 saturated heterocycles. The normalized spacial score (nSPS) is 17.8. The molecule has 8 heteroatoms. The van der Waals surface area contributed by atoms with Gasteiger partial charge in [-0.1, -0.05) is 6.07 Å². The van der Waals surface area contributed by atoms with Gasteiger partial charge in [0.2, 0.25) is 0 Å². The second kappa shape index (κ2) is 4.90. The van der Waals surface area contributed by atoms with Crippen LogP contribution in [0.25, 0.3) is 0 Å². The zero-order chi connectivity index (χ0) is 16.2. The predicted octanol–water partition coefficient (Wildman–Crippen LogP) is 1.83. The SMILES string of the molecule is N=S(N)(=O)c1ccn(C(=O)Nc2c3c(cc4c2CC4)CCC3)n1. The Bertz CT molecular complexity index is 930. The summed E-state index contributed by atoms with van der Waals surface area (Å²) in [6.45, 7) is 0. The minimum absolute atomic E-state index is 0.0982. The van der Waals surface area contributed by atoms with E-state index in [1.165, 1.54) is 34.5 Å². The molecule has 4 N–H and O–H groups in total. The summed E-state index contributed by atoms with van der Waals surface area (Å²) < 4.78 is 19.9. The van der Waals surface area contributed by atoms with E-state index in [-0.39, 0.29) is 5.03 Å². The highest BCUT2D eigenvalue weighted by Crippen LogP contribution is 2.39. The van der Waals surface area contributed by atoms with Crippen molar-refractivity contribution >= 4 is 21.6 Å². The number of rotatable bonds is 2. The first kappa shape index (κ1) is 14.4. The number of nitrogens with one attached hydrogen (secondary N) is 2. The van der Waals surface area contributed by atoms with E-state index in [0.717, 1.165) is 42.5 Å². The van der Waals surface area contributed by atoms with Gasteiger partial charge < -0.3 is 5.32 Å². The van der Waals surface area contributed by atoms with Crippen molar-refractivity contribution < 1.29 is 9.00 Å². The predicted molar refractivity (Wildman–Crippen MR) is 85.8 cm³/mol. The van der Waals surface area contributed by atoms with Crippen molar-refractivity contribution in [3.05, 3.63) is 40.6 Å². The van der Waals surface area contributed by atoms with Crippen LogP contribution in [0.15, 0.2) is 23.4 Å². The smallest absolute Gasteiger partial charge is 0.305 e. The van der Waals surface area contributed by atoms with Gasteiger partial charge in [-0.15, -0.1) is 0 Å². The number of carbonyl (C=O) groups is 1. The number of nitrogens with two attached hydrogens (primary N) is 1. The average molecular weight is 331 g/mol. The molecule has 1 aromatic carbocycles. The lowest BCUT2D eigenvalue weighted by Gasteiger charge is -2.26. The maximum Gasteiger partial charge on any atom is 0.346 e. The number of amides is 1. The fourth-order valence-corrected chi connectivity index (χ4v) is 3.81. The van der Waals surface area contributed by atoms with E-state index in [1.54, 1.807) is 0 Å². The van der Waals surface area contributed by atoms with Gasteiger partial charge in [0.15, 0.2) is 14.9 Å². The number of aromatic nitrogens is 2. The molecule has 2 aliphatic carbocycles. The van der Waals surface area contributed by atoms with E-state index < -0.39 is 15.9 Å². The highest BCUT2D eigenvalue weighted by atomic mass is 32.2. The molecule has 0 radical (unpaired) electrons. The first-order valence-corrected chi connectivity index (χ1v) is 9.15. The minimum Gasteiger partial charge on any atom is -0.305 e. The Labute approximate surface area is 134 Å². The van der Waals surface area contributed by atoms with Crippen molar-refractivity contribution in [2.75, 3.05) is 5.32 Å². The fraction of sp³-hybridized carbons (Fsp3) is 0.333. The lowest BCUT2D eigenvalue weighted by atomic mass is 9.83. The highest BCUT2D eigenvalue weighted by molar-refractivity contribution is 7.90. The summed E-state index contributed by atoms with van der Waals surface area (Å²) in [5.41, 5.74) is 6.01. The third-order valence-corrected chi connectivity index (χ3v) is 5.40. The van der Waals surface area contributed by atoms with Crippen LogP contribution in [0, 0.1) is 4.78 Å². The molecular formula is C15H17N5O2S. The molecule has 0 spiro atoms. The zero-order valence-corrected chi connectivity index (χ0v) is 13.3. The Morgan fingerprint density at radius 2 is 2.00 bits per heavy atom. The van der Waals surface area contributed by atoms with E-state index in [1.807, 2.05) is 0 Å². The molecular weight excluding hydrogens is 314 g/mol. The van der Waals surface area contributed by atoms with Gasteiger partial charge in [0.25, 0.3) is 0 Å². The number of benzene rings is 1. The lowest BCUT2D eigenvalue weighted by molar-refractivity contribution is 0.250. The van der Waals surface area contributed by atoms with Gasteiger partial charge in [-0.25, -0.2) is 18.9 Å². The second-order valence-corrected chi connectivity index (χ2v) is 7.63. The third-order valence-electron chi connectivity index (χ3n) is 4.56. The Balaban J connectivity index is 1.67. The fourth-order valence-electron chi connectivity index (χ4n) is 3.34. The summed E-state index contributed by atoms with van der Waals surface area (Å²) in [6.07, 6.45) is 6.57. The number of fused-ring (bicyclic) bond motifs is 2. The van der Waals surface area contributed by atoms with Gasteiger partial charge in [0.1, 0.15) is 0 Å². The van der Waals surface area contributed by atoms with Crippen LogP contribution >= 0.6 is 0 Å². The van der Waals surface area contributed by atoms with Crippen molar-refractivity contribution in [2.45, 2.75) is 37.1 Å². The largest absolute Gasteiger partial charge is 0.346 e. The molecule has 0 fully saturated rings. The molecule has 2 aliphatic rings. The van der Waals surface area contributed by atoms with E-state index in [4.69, 9.17) is 9.92 Å². The van der Waals surface area contributed by atoms with Crippen LogP contribution < -0.4 is 10.5 Å². The number of anilines is 1. The maximum absolute atomic E-state index is 12.4. The van der Waals surface area contributed by atoms with Crippen LogP contribution in [0.3, 0.4) is 0 Å². The number of hydrogen-bond donors (Lipinski definition) is 3. The molecule has 0 saturated carbocycles. The maximum atomic E-state index is 12.4. The zero-order valence-electron chi connectivity index (χ0n) is 12.5. The number of carbonyl (C=O) groups excluding carboxylic acids is 1. The average Bonchev–Trinajstić information content (AvgIpc) is 3.10. The molecule has 7 nitrogen and oxygen atoms in total. The van der Waals surface area contributed by atoms with Gasteiger partial charge >= 0.3 is 6.03 Å². The van der Waals surface area contributed by atoms with E-state index >= 15 is 0 Å². The highest BCUT2D eigenvalue weighted by Gasteiger charge is 2.27. The first-order chi connectivity index (χ1) is 10.9. The molecule has 120 valence electrons. The first-order valence-electron chi connectivity index (χ1n) is 7.53. The summed E-state index contributed by atoms with van der Waals surface area (Å²) in [5.74, 6) is 0. The molecule has 0 bridgehead atoms. The van der Waals surface area contributed by atoms with E-state index in [0.29, 0.717) is 0 Å². The lowest BCUT2D eigenvalue weighted by Crippen LogP contribution is -2.24. The minimum atomic E-state index is -3.41. The van der Waals surface area contributed by atoms with Crippen LogP contribution in [0.1, 0.15) is 28.7 Å². The number of aryl methyl sites for hydroxylation is 2. The van der Waals surface area contributed by atoms with E-state index in [2.05, 4.69) is 16.5 Å². The molecule has 1 aromatic heterocycles.